The summed E-state index contributed by atoms with van der Waals surface area (Å²) in [7, 11) is 0. The Morgan fingerprint density at radius 2 is 2.07 bits per heavy atom. The van der Waals surface area contributed by atoms with Crippen LogP contribution < -0.4 is 11.1 Å². The zero-order valence-electron chi connectivity index (χ0n) is 15.7. The fourth-order valence-electron chi connectivity index (χ4n) is 3.09. The average Bonchev–Trinajstić information content (AvgIpc) is 3.24. The van der Waals surface area contributed by atoms with Crippen LogP contribution >= 0.6 is 0 Å². The molecule has 0 bridgehead atoms. The first-order valence-corrected chi connectivity index (χ1v) is 9.40. The molecule has 3 rings (SSSR count). The van der Waals surface area contributed by atoms with Crippen LogP contribution in [0.15, 0.2) is 66.2 Å². The Morgan fingerprint density at radius 3 is 2.82 bits per heavy atom. The van der Waals surface area contributed by atoms with Crippen LogP contribution in [-0.2, 0) is 6.42 Å². The number of aromatic nitrogens is 3. The molecule has 28 heavy (non-hydrogen) atoms. The number of H-pyrrole nitrogens is 1. The predicted octanol–water partition coefficient (Wildman–Crippen LogP) is 3.00. The third-order valence-corrected chi connectivity index (χ3v) is 4.51. The summed E-state index contributed by atoms with van der Waals surface area (Å²) < 4.78 is 14.3. The van der Waals surface area contributed by atoms with Crippen molar-refractivity contribution in [1.29, 1.82) is 0 Å². The molecule has 0 aliphatic rings. The number of aryl methyl sites for hydroxylation is 1. The third kappa shape index (κ3) is 5.64. The second-order valence-corrected chi connectivity index (χ2v) is 6.49. The average molecular weight is 380 g/mol. The van der Waals surface area contributed by atoms with Gasteiger partial charge in [-0.15, -0.1) is 0 Å². The van der Waals surface area contributed by atoms with E-state index >= 15 is 0 Å². The fourth-order valence-corrected chi connectivity index (χ4v) is 3.09. The molecule has 146 valence electrons. The monoisotopic (exact) mass is 380 g/mol. The first kappa shape index (κ1) is 19.5. The van der Waals surface area contributed by atoms with E-state index in [4.69, 9.17) is 5.73 Å². The van der Waals surface area contributed by atoms with Crippen LogP contribution in [0, 0.1) is 5.82 Å². The molecule has 0 aliphatic carbocycles. The van der Waals surface area contributed by atoms with Gasteiger partial charge in [0, 0.05) is 42.8 Å². The Balaban J connectivity index is 1.53. The smallest absolute Gasteiger partial charge is 0.188 e. The van der Waals surface area contributed by atoms with Crippen molar-refractivity contribution < 1.29 is 4.39 Å². The van der Waals surface area contributed by atoms with Gasteiger partial charge in [-0.05, 0) is 43.0 Å². The summed E-state index contributed by atoms with van der Waals surface area (Å²) in [6.45, 7) is 1.21. The lowest BCUT2D eigenvalue weighted by atomic mass is 9.91. The molecular weight excluding hydrogens is 355 g/mol. The van der Waals surface area contributed by atoms with Crippen molar-refractivity contribution in [2.45, 2.75) is 25.2 Å². The Bertz CT molecular complexity index is 864. The standard InChI is InChI=1S/C21H25FN6/c22-19-8-2-1-7-17(19)18(20-9-3-4-11-25-20)10-13-27-21(23)26-12-5-6-16-14-24-15-28-16/h1-4,7-9,11,14-15,18H,5-6,10,12-13H2,(H,24,28)(H3,23,26,27). The van der Waals surface area contributed by atoms with Crippen molar-refractivity contribution in [3.8, 4) is 0 Å². The summed E-state index contributed by atoms with van der Waals surface area (Å²) in [5, 5.41) is 3.12. The van der Waals surface area contributed by atoms with Crippen molar-refractivity contribution in [2.24, 2.45) is 10.7 Å². The van der Waals surface area contributed by atoms with Crippen LogP contribution in [0.3, 0.4) is 0 Å². The number of aliphatic imine (C=N–C) groups is 1. The van der Waals surface area contributed by atoms with E-state index in [1.807, 2.05) is 36.5 Å². The van der Waals surface area contributed by atoms with E-state index in [0.717, 1.165) is 24.2 Å². The molecule has 6 nitrogen and oxygen atoms in total. The summed E-state index contributed by atoms with van der Waals surface area (Å²) >= 11 is 0. The lowest BCUT2D eigenvalue weighted by Crippen LogP contribution is -2.33. The molecule has 0 amide bonds. The van der Waals surface area contributed by atoms with Crippen molar-refractivity contribution in [3.05, 3.63) is 84.0 Å². The molecule has 0 saturated carbocycles. The van der Waals surface area contributed by atoms with Crippen LogP contribution in [0.4, 0.5) is 4.39 Å². The van der Waals surface area contributed by atoms with Gasteiger partial charge in [0.1, 0.15) is 5.82 Å². The summed E-state index contributed by atoms with van der Waals surface area (Å²) in [6.07, 6.45) is 7.63. The van der Waals surface area contributed by atoms with Crippen LogP contribution in [0.1, 0.15) is 35.7 Å². The van der Waals surface area contributed by atoms with Crippen LogP contribution in [-0.4, -0.2) is 34.0 Å². The number of rotatable bonds is 9. The first-order valence-electron chi connectivity index (χ1n) is 9.40. The number of aromatic amines is 1. The Morgan fingerprint density at radius 1 is 1.21 bits per heavy atom. The molecule has 0 fully saturated rings. The molecule has 3 aromatic rings. The Labute approximate surface area is 164 Å². The minimum atomic E-state index is -0.224. The van der Waals surface area contributed by atoms with Gasteiger partial charge in [-0.1, -0.05) is 24.3 Å². The number of nitrogens with two attached hydrogens (primary N) is 1. The van der Waals surface area contributed by atoms with Gasteiger partial charge < -0.3 is 16.0 Å². The third-order valence-electron chi connectivity index (χ3n) is 4.51. The SMILES string of the molecule is NC(=NCCCc1cnc[nH]1)NCCC(c1ccccn1)c1ccccc1F. The molecule has 1 atom stereocenters. The summed E-state index contributed by atoms with van der Waals surface area (Å²) in [5.41, 5.74) is 8.52. The van der Waals surface area contributed by atoms with E-state index < -0.39 is 0 Å². The van der Waals surface area contributed by atoms with Gasteiger partial charge in [-0.25, -0.2) is 9.37 Å². The number of pyridine rings is 1. The second kappa shape index (κ2) is 10.2. The highest BCUT2D eigenvalue weighted by Crippen LogP contribution is 2.28. The molecule has 0 saturated heterocycles. The Hall–Kier alpha value is -3.22. The quantitative estimate of drug-likeness (QED) is 0.302. The molecule has 4 N–H and O–H groups in total. The van der Waals surface area contributed by atoms with E-state index in [0.29, 0.717) is 31.0 Å². The lowest BCUT2D eigenvalue weighted by Gasteiger charge is -2.18. The number of imidazole rings is 1. The second-order valence-electron chi connectivity index (χ2n) is 6.49. The van der Waals surface area contributed by atoms with E-state index in [1.165, 1.54) is 6.07 Å². The molecular formula is C21H25FN6. The van der Waals surface area contributed by atoms with Crippen molar-refractivity contribution in [1.82, 2.24) is 20.3 Å². The highest BCUT2D eigenvalue weighted by atomic mass is 19.1. The number of nitrogens with zero attached hydrogens (tertiary/aromatic N) is 3. The fraction of sp³-hybridized carbons (Fsp3) is 0.286. The molecule has 2 aromatic heterocycles. The number of benzene rings is 1. The molecule has 0 aliphatic heterocycles. The highest BCUT2D eigenvalue weighted by molar-refractivity contribution is 5.77. The van der Waals surface area contributed by atoms with Gasteiger partial charge in [-0.2, -0.15) is 0 Å². The van der Waals surface area contributed by atoms with Gasteiger partial charge in [0.15, 0.2) is 5.96 Å². The van der Waals surface area contributed by atoms with Crippen LogP contribution in [0.2, 0.25) is 0 Å². The van der Waals surface area contributed by atoms with Gasteiger partial charge in [0.2, 0.25) is 0 Å². The molecule has 0 radical (unpaired) electrons. The van der Waals surface area contributed by atoms with Crippen molar-refractivity contribution >= 4 is 5.96 Å². The Kier molecular flexibility index (Phi) is 7.12. The van der Waals surface area contributed by atoms with Gasteiger partial charge in [-0.3, -0.25) is 9.98 Å². The topological polar surface area (TPSA) is 92.0 Å². The first-order chi connectivity index (χ1) is 13.7. The molecule has 2 heterocycles. The number of hydrogen-bond acceptors (Lipinski definition) is 3. The summed E-state index contributed by atoms with van der Waals surface area (Å²) in [5.74, 6) is 0.0274. The van der Waals surface area contributed by atoms with E-state index in [1.54, 1.807) is 18.6 Å². The lowest BCUT2D eigenvalue weighted by molar-refractivity contribution is 0.578. The number of nitrogens with one attached hydrogen (secondary N) is 2. The molecule has 7 heteroatoms. The zero-order valence-corrected chi connectivity index (χ0v) is 15.7. The van der Waals surface area contributed by atoms with Crippen LogP contribution in [0.5, 0.6) is 0 Å². The number of halogens is 1. The number of guanidine groups is 1. The summed E-state index contributed by atoms with van der Waals surface area (Å²) in [6, 6.07) is 12.5. The van der Waals surface area contributed by atoms with Gasteiger partial charge >= 0.3 is 0 Å². The van der Waals surface area contributed by atoms with Gasteiger partial charge in [0.25, 0.3) is 0 Å². The minimum Gasteiger partial charge on any atom is -0.370 e. The maximum atomic E-state index is 14.3. The largest absolute Gasteiger partial charge is 0.370 e. The maximum Gasteiger partial charge on any atom is 0.188 e. The van der Waals surface area contributed by atoms with Gasteiger partial charge in [0.05, 0.1) is 6.33 Å². The van der Waals surface area contributed by atoms with E-state index in [-0.39, 0.29) is 11.7 Å². The van der Waals surface area contributed by atoms with E-state index in [9.17, 15) is 4.39 Å². The predicted molar refractivity (Wildman–Crippen MR) is 108 cm³/mol. The minimum absolute atomic E-state index is 0.150. The normalized spacial score (nSPS) is 12.7. The van der Waals surface area contributed by atoms with Crippen LogP contribution in [0.25, 0.3) is 0 Å². The molecule has 0 spiro atoms. The number of hydrogen-bond donors (Lipinski definition) is 3. The molecule has 1 unspecified atom stereocenters. The highest BCUT2D eigenvalue weighted by Gasteiger charge is 2.18. The molecule has 1 aromatic carbocycles. The zero-order chi connectivity index (χ0) is 19.6. The summed E-state index contributed by atoms with van der Waals surface area (Å²) in [4.78, 5) is 15.8. The van der Waals surface area contributed by atoms with Crippen molar-refractivity contribution in [2.75, 3.05) is 13.1 Å². The maximum absolute atomic E-state index is 14.3. The van der Waals surface area contributed by atoms with Crippen molar-refractivity contribution in [3.63, 3.8) is 0 Å². The van der Waals surface area contributed by atoms with E-state index in [2.05, 4.69) is 25.3 Å².